The minimum atomic E-state index is -0.755. The summed E-state index contributed by atoms with van der Waals surface area (Å²) in [4.78, 5) is 28.5. The zero-order valence-electron chi connectivity index (χ0n) is 20.8. The molecule has 0 aliphatic carbocycles. The van der Waals surface area contributed by atoms with Crippen molar-refractivity contribution in [1.29, 1.82) is 0 Å². The maximum Gasteiger partial charge on any atom is 0.243 e. The number of carbonyl (C=O) groups excluding carboxylic acids is 2. The van der Waals surface area contributed by atoms with Crippen LogP contribution in [0.2, 0.25) is 0 Å². The maximum absolute atomic E-state index is 14.6. The minimum Gasteiger partial charge on any atom is -0.352 e. The first-order valence-corrected chi connectivity index (χ1v) is 12.3. The molecule has 0 bridgehead atoms. The summed E-state index contributed by atoms with van der Waals surface area (Å²) in [7, 11) is 0. The predicted molar refractivity (Wildman–Crippen MR) is 138 cm³/mol. The molecule has 1 atom stereocenters. The Morgan fingerprint density at radius 2 is 1.49 bits per heavy atom. The fourth-order valence-electron chi connectivity index (χ4n) is 4.08. The van der Waals surface area contributed by atoms with Gasteiger partial charge in [-0.1, -0.05) is 79.7 Å². The fourth-order valence-corrected chi connectivity index (χ4v) is 4.08. The molecule has 0 spiro atoms. The van der Waals surface area contributed by atoms with Gasteiger partial charge in [0.05, 0.1) is 0 Å². The van der Waals surface area contributed by atoms with Crippen LogP contribution in [0.3, 0.4) is 0 Å². The summed E-state index contributed by atoms with van der Waals surface area (Å²) in [5.74, 6) is -0.795. The lowest BCUT2D eigenvalue weighted by molar-refractivity contribution is -0.141. The highest BCUT2D eigenvalue weighted by Gasteiger charge is 2.31. The van der Waals surface area contributed by atoms with Gasteiger partial charge in [0.1, 0.15) is 11.9 Å². The Kier molecular flexibility index (Phi) is 9.59. The molecule has 2 amide bonds. The molecule has 3 aromatic carbocycles. The van der Waals surface area contributed by atoms with E-state index >= 15 is 0 Å². The Hall–Kier alpha value is -3.47. The van der Waals surface area contributed by atoms with E-state index in [4.69, 9.17) is 0 Å². The zero-order chi connectivity index (χ0) is 25.2. The van der Waals surface area contributed by atoms with Crippen LogP contribution in [0.5, 0.6) is 0 Å². The highest BCUT2D eigenvalue weighted by Crippen LogP contribution is 2.19. The zero-order valence-corrected chi connectivity index (χ0v) is 20.8. The third-order valence-corrected chi connectivity index (χ3v) is 6.06. The number of amides is 2. The van der Waals surface area contributed by atoms with Gasteiger partial charge in [-0.25, -0.2) is 4.39 Å². The van der Waals surface area contributed by atoms with E-state index in [0.717, 1.165) is 17.5 Å². The van der Waals surface area contributed by atoms with E-state index in [9.17, 15) is 14.0 Å². The molecule has 4 nitrogen and oxygen atoms in total. The minimum absolute atomic E-state index is 0.0310. The van der Waals surface area contributed by atoms with Crippen LogP contribution in [0, 0.1) is 5.82 Å². The quantitative estimate of drug-likeness (QED) is 0.400. The van der Waals surface area contributed by atoms with Gasteiger partial charge >= 0.3 is 0 Å². The monoisotopic (exact) mass is 474 g/mol. The van der Waals surface area contributed by atoms with Crippen LogP contribution in [-0.2, 0) is 35.4 Å². The molecule has 0 aliphatic heterocycles. The van der Waals surface area contributed by atoms with Crippen molar-refractivity contribution < 1.29 is 14.0 Å². The molecule has 1 N–H and O–H groups in total. The molecule has 5 heteroatoms. The number of nitrogens with zero attached hydrogens (tertiary/aromatic N) is 1. The lowest BCUT2D eigenvalue weighted by Gasteiger charge is -2.32. The second-order valence-corrected chi connectivity index (χ2v) is 9.15. The van der Waals surface area contributed by atoms with Gasteiger partial charge in [0.2, 0.25) is 11.8 Å². The molecule has 0 aromatic heterocycles. The van der Waals surface area contributed by atoms with E-state index < -0.39 is 6.04 Å². The molecular formula is C30H35FN2O2. The number of hydrogen-bond acceptors (Lipinski definition) is 2. The molecule has 0 radical (unpaired) electrons. The number of benzene rings is 3. The summed E-state index contributed by atoms with van der Waals surface area (Å²) < 4.78 is 14.6. The number of nitrogens with one attached hydrogen (secondary N) is 1. The van der Waals surface area contributed by atoms with Crippen molar-refractivity contribution in [2.75, 3.05) is 0 Å². The average molecular weight is 475 g/mol. The average Bonchev–Trinajstić information content (AvgIpc) is 2.86. The van der Waals surface area contributed by atoms with Crippen molar-refractivity contribution in [3.63, 3.8) is 0 Å². The number of carbonyl (C=O) groups is 2. The summed E-state index contributed by atoms with van der Waals surface area (Å²) in [5, 5.41) is 2.96. The van der Waals surface area contributed by atoms with Crippen molar-refractivity contribution in [2.45, 2.75) is 65.1 Å². The molecule has 0 aliphatic rings. The van der Waals surface area contributed by atoms with Crippen molar-refractivity contribution >= 4 is 11.8 Å². The summed E-state index contributed by atoms with van der Waals surface area (Å²) in [6.07, 6.45) is 2.10. The van der Waals surface area contributed by atoms with Crippen molar-refractivity contribution in [3.8, 4) is 0 Å². The van der Waals surface area contributed by atoms with Crippen LogP contribution in [0.4, 0.5) is 4.39 Å². The Morgan fingerprint density at radius 1 is 0.857 bits per heavy atom. The lowest BCUT2D eigenvalue weighted by atomic mass is 10.0. The van der Waals surface area contributed by atoms with Crippen molar-refractivity contribution in [1.82, 2.24) is 10.2 Å². The predicted octanol–water partition coefficient (Wildman–Crippen LogP) is 5.49. The standard InChI is InChI=1S/C30H35FN2O2/c1-4-23-14-16-24(17-15-23)18-19-29(34)33(21-26-12-8-9-13-27(26)31)28(30(35)32-22(2)3)20-25-10-6-5-7-11-25/h5-17,22,28H,4,18-21H2,1-3H3,(H,32,35). The van der Waals surface area contributed by atoms with E-state index in [1.54, 1.807) is 23.1 Å². The van der Waals surface area contributed by atoms with Crippen LogP contribution in [-0.4, -0.2) is 28.8 Å². The number of halogens is 1. The van der Waals surface area contributed by atoms with Crippen molar-refractivity contribution in [2.24, 2.45) is 0 Å². The van der Waals surface area contributed by atoms with Crippen LogP contribution in [0.1, 0.15) is 49.4 Å². The highest BCUT2D eigenvalue weighted by molar-refractivity contribution is 5.88. The molecule has 1 unspecified atom stereocenters. The Balaban J connectivity index is 1.89. The molecule has 184 valence electrons. The van der Waals surface area contributed by atoms with E-state index in [2.05, 4.69) is 24.4 Å². The van der Waals surface area contributed by atoms with Gasteiger partial charge in [-0.2, -0.15) is 0 Å². The second kappa shape index (κ2) is 12.8. The number of hydrogen-bond donors (Lipinski definition) is 1. The van der Waals surface area contributed by atoms with E-state index in [-0.39, 0.29) is 36.6 Å². The maximum atomic E-state index is 14.6. The SMILES string of the molecule is CCc1ccc(CCC(=O)N(Cc2ccccc2F)C(Cc2ccccc2)C(=O)NC(C)C)cc1. The topological polar surface area (TPSA) is 49.4 Å². The van der Waals surface area contributed by atoms with Gasteiger partial charge in [0, 0.05) is 31.0 Å². The van der Waals surface area contributed by atoms with Gasteiger partial charge in [-0.15, -0.1) is 0 Å². The van der Waals surface area contributed by atoms with Crippen LogP contribution < -0.4 is 5.32 Å². The molecule has 0 heterocycles. The van der Waals surface area contributed by atoms with E-state index in [0.29, 0.717) is 18.4 Å². The van der Waals surface area contributed by atoms with Gasteiger partial charge < -0.3 is 10.2 Å². The molecule has 0 fully saturated rings. The molecule has 3 aromatic rings. The number of rotatable bonds is 11. The molecule has 35 heavy (non-hydrogen) atoms. The van der Waals surface area contributed by atoms with E-state index in [1.807, 2.05) is 56.3 Å². The first-order chi connectivity index (χ1) is 16.9. The molecule has 0 saturated heterocycles. The molecule has 3 rings (SSSR count). The first kappa shape index (κ1) is 26.1. The Labute approximate surface area is 208 Å². The summed E-state index contributed by atoms with van der Waals surface area (Å²) in [6, 6.07) is 23.4. The largest absolute Gasteiger partial charge is 0.352 e. The van der Waals surface area contributed by atoms with Gasteiger partial charge in [0.25, 0.3) is 0 Å². The third kappa shape index (κ3) is 7.78. The number of aryl methyl sites for hydroxylation is 2. The van der Waals surface area contributed by atoms with Gasteiger partial charge in [-0.3, -0.25) is 9.59 Å². The summed E-state index contributed by atoms with van der Waals surface area (Å²) >= 11 is 0. The smallest absolute Gasteiger partial charge is 0.243 e. The lowest BCUT2D eigenvalue weighted by Crippen LogP contribution is -2.52. The summed E-state index contributed by atoms with van der Waals surface area (Å²) in [6.45, 7) is 5.92. The molecule has 0 saturated carbocycles. The highest BCUT2D eigenvalue weighted by atomic mass is 19.1. The van der Waals surface area contributed by atoms with Gasteiger partial charge in [-0.05, 0) is 49.4 Å². The third-order valence-electron chi connectivity index (χ3n) is 6.06. The van der Waals surface area contributed by atoms with E-state index in [1.165, 1.54) is 11.6 Å². The molecular weight excluding hydrogens is 439 g/mol. The van der Waals surface area contributed by atoms with Crippen LogP contribution >= 0.6 is 0 Å². The Bertz CT molecular complexity index is 1100. The first-order valence-electron chi connectivity index (χ1n) is 12.3. The van der Waals surface area contributed by atoms with Gasteiger partial charge in [0.15, 0.2) is 0 Å². The Morgan fingerprint density at radius 3 is 2.11 bits per heavy atom. The van der Waals surface area contributed by atoms with Crippen molar-refractivity contribution in [3.05, 3.63) is 107 Å². The fraction of sp³-hybridized carbons (Fsp3) is 0.333. The second-order valence-electron chi connectivity index (χ2n) is 9.15. The summed E-state index contributed by atoms with van der Waals surface area (Å²) in [5.41, 5.74) is 3.64. The van der Waals surface area contributed by atoms with Crippen LogP contribution in [0.25, 0.3) is 0 Å². The van der Waals surface area contributed by atoms with Crippen LogP contribution in [0.15, 0.2) is 78.9 Å². The normalized spacial score (nSPS) is 11.8.